The van der Waals surface area contributed by atoms with Crippen molar-refractivity contribution in [2.24, 2.45) is 0 Å². The number of amides is 1. The fourth-order valence-corrected chi connectivity index (χ4v) is 2.42. The van der Waals surface area contributed by atoms with Crippen molar-refractivity contribution in [3.63, 3.8) is 0 Å². The van der Waals surface area contributed by atoms with Crippen molar-refractivity contribution in [2.75, 3.05) is 13.1 Å². The molecule has 1 aromatic heterocycles. The molecular weight excluding hydrogens is 216 g/mol. The standard InChI is InChI=1S/C12H20N4O/c1-10(17)13-5-4-11-3-2-8-16(11)9-12-14-6-7-15-12/h6-7,11H,2-5,8-9H2,1H3,(H,13,17)(H,14,15). The highest BCUT2D eigenvalue weighted by molar-refractivity contribution is 5.72. The lowest BCUT2D eigenvalue weighted by molar-refractivity contribution is -0.119. The molecule has 1 aliphatic heterocycles. The Hall–Kier alpha value is -1.36. The number of aromatic amines is 1. The van der Waals surface area contributed by atoms with Gasteiger partial charge < -0.3 is 10.3 Å². The predicted molar refractivity (Wildman–Crippen MR) is 65.3 cm³/mol. The lowest BCUT2D eigenvalue weighted by atomic mass is 10.1. The Morgan fingerprint density at radius 2 is 2.59 bits per heavy atom. The fraction of sp³-hybridized carbons (Fsp3) is 0.667. The van der Waals surface area contributed by atoms with E-state index in [4.69, 9.17) is 0 Å². The number of hydrogen-bond acceptors (Lipinski definition) is 3. The molecule has 1 saturated heterocycles. The average Bonchev–Trinajstić information content (AvgIpc) is 2.91. The van der Waals surface area contributed by atoms with Gasteiger partial charge in [0.15, 0.2) is 0 Å². The summed E-state index contributed by atoms with van der Waals surface area (Å²) in [4.78, 5) is 20.7. The number of aromatic nitrogens is 2. The summed E-state index contributed by atoms with van der Waals surface area (Å²) in [5.74, 6) is 1.08. The summed E-state index contributed by atoms with van der Waals surface area (Å²) in [6.45, 7) is 4.35. The SMILES string of the molecule is CC(=O)NCCC1CCCN1Cc1ncc[nH]1. The van der Waals surface area contributed by atoms with Crippen LogP contribution in [0.4, 0.5) is 0 Å². The number of H-pyrrole nitrogens is 1. The zero-order chi connectivity index (χ0) is 12.1. The molecule has 2 N–H and O–H groups in total. The van der Waals surface area contributed by atoms with Crippen molar-refractivity contribution >= 4 is 5.91 Å². The van der Waals surface area contributed by atoms with Crippen LogP contribution in [0, 0.1) is 0 Å². The summed E-state index contributed by atoms with van der Waals surface area (Å²) in [5.41, 5.74) is 0. The van der Waals surface area contributed by atoms with Crippen LogP contribution in [-0.4, -0.2) is 39.9 Å². The number of nitrogens with zero attached hydrogens (tertiary/aromatic N) is 2. The molecule has 1 atom stereocenters. The molecule has 0 radical (unpaired) electrons. The van der Waals surface area contributed by atoms with Crippen LogP contribution in [0.1, 0.15) is 32.0 Å². The number of imidazole rings is 1. The monoisotopic (exact) mass is 236 g/mol. The zero-order valence-corrected chi connectivity index (χ0v) is 10.3. The molecule has 5 nitrogen and oxygen atoms in total. The molecule has 0 aliphatic carbocycles. The molecule has 1 aromatic rings. The van der Waals surface area contributed by atoms with E-state index in [9.17, 15) is 4.79 Å². The second kappa shape index (κ2) is 5.82. The fourth-order valence-electron chi connectivity index (χ4n) is 2.42. The van der Waals surface area contributed by atoms with Crippen molar-refractivity contribution < 1.29 is 4.79 Å². The molecule has 1 amide bonds. The third-order valence-electron chi connectivity index (χ3n) is 3.26. The van der Waals surface area contributed by atoms with Crippen LogP contribution in [0.3, 0.4) is 0 Å². The van der Waals surface area contributed by atoms with E-state index in [1.54, 1.807) is 13.1 Å². The van der Waals surface area contributed by atoms with Gasteiger partial charge in [-0.15, -0.1) is 0 Å². The van der Waals surface area contributed by atoms with Gasteiger partial charge in [0.1, 0.15) is 5.82 Å². The summed E-state index contributed by atoms with van der Waals surface area (Å²) in [7, 11) is 0. The summed E-state index contributed by atoms with van der Waals surface area (Å²) in [5, 5.41) is 2.86. The van der Waals surface area contributed by atoms with Gasteiger partial charge in [-0.1, -0.05) is 0 Å². The van der Waals surface area contributed by atoms with Crippen LogP contribution in [0.5, 0.6) is 0 Å². The molecule has 0 saturated carbocycles. The van der Waals surface area contributed by atoms with E-state index in [0.717, 1.165) is 31.9 Å². The van der Waals surface area contributed by atoms with Gasteiger partial charge in [-0.05, 0) is 25.8 Å². The van der Waals surface area contributed by atoms with Gasteiger partial charge in [-0.2, -0.15) is 0 Å². The number of rotatable bonds is 5. The second-order valence-electron chi connectivity index (χ2n) is 4.57. The zero-order valence-electron chi connectivity index (χ0n) is 10.3. The molecule has 17 heavy (non-hydrogen) atoms. The maximum absolute atomic E-state index is 10.8. The smallest absolute Gasteiger partial charge is 0.216 e. The van der Waals surface area contributed by atoms with Crippen molar-refractivity contribution in [2.45, 2.75) is 38.8 Å². The summed E-state index contributed by atoms with van der Waals surface area (Å²) < 4.78 is 0. The van der Waals surface area contributed by atoms with Gasteiger partial charge in [0, 0.05) is 31.9 Å². The van der Waals surface area contributed by atoms with Crippen LogP contribution < -0.4 is 5.32 Å². The minimum atomic E-state index is 0.0561. The first-order valence-electron chi connectivity index (χ1n) is 6.22. The van der Waals surface area contributed by atoms with E-state index in [-0.39, 0.29) is 5.91 Å². The Morgan fingerprint density at radius 3 is 3.29 bits per heavy atom. The molecule has 1 aliphatic rings. The first kappa shape index (κ1) is 12.1. The van der Waals surface area contributed by atoms with Crippen molar-refractivity contribution in [3.05, 3.63) is 18.2 Å². The first-order valence-corrected chi connectivity index (χ1v) is 6.22. The number of hydrogen-bond donors (Lipinski definition) is 2. The Kier molecular flexibility index (Phi) is 4.14. The number of nitrogens with one attached hydrogen (secondary N) is 2. The minimum Gasteiger partial charge on any atom is -0.356 e. The topological polar surface area (TPSA) is 61.0 Å². The molecule has 0 spiro atoms. The van der Waals surface area contributed by atoms with Crippen LogP contribution in [-0.2, 0) is 11.3 Å². The molecule has 1 unspecified atom stereocenters. The van der Waals surface area contributed by atoms with Gasteiger partial charge in [0.25, 0.3) is 0 Å². The van der Waals surface area contributed by atoms with E-state index in [2.05, 4.69) is 20.2 Å². The van der Waals surface area contributed by atoms with Crippen molar-refractivity contribution in [1.82, 2.24) is 20.2 Å². The maximum Gasteiger partial charge on any atom is 0.216 e. The van der Waals surface area contributed by atoms with Gasteiger partial charge in [-0.3, -0.25) is 9.69 Å². The van der Waals surface area contributed by atoms with Gasteiger partial charge >= 0.3 is 0 Å². The summed E-state index contributed by atoms with van der Waals surface area (Å²) in [6, 6.07) is 0.576. The number of likely N-dealkylation sites (tertiary alicyclic amines) is 1. The van der Waals surface area contributed by atoms with Gasteiger partial charge in [-0.25, -0.2) is 4.98 Å². The van der Waals surface area contributed by atoms with Crippen molar-refractivity contribution in [3.8, 4) is 0 Å². The minimum absolute atomic E-state index is 0.0561. The van der Waals surface area contributed by atoms with E-state index in [0.29, 0.717) is 6.04 Å². The van der Waals surface area contributed by atoms with Crippen LogP contribution in [0.2, 0.25) is 0 Å². The third kappa shape index (κ3) is 3.56. The largest absolute Gasteiger partial charge is 0.356 e. The molecular formula is C12H20N4O. The molecule has 2 heterocycles. The Balaban J connectivity index is 1.78. The maximum atomic E-state index is 10.8. The van der Waals surface area contributed by atoms with Crippen LogP contribution in [0.25, 0.3) is 0 Å². The van der Waals surface area contributed by atoms with Crippen molar-refractivity contribution in [1.29, 1.82) is 0 Å². The highest BCUT2D eigenvalue weighted by atomic mass is 16.1. The average molecular weight is 236 g/mol. The van der Waals surface area contributed by atoms with E-state index in [1.165, 1.54) is 12.8 Å². The third-order valence-corrected chi connectivity index (χ3v) is 3.26. The Labute approximate surface area is 102 Å². The number of carbonyl (C=O) groups excluding carboxylic acids is 1. The molecule has 94 valence electrons. The molecule has 5 heteroatoms. The predicted octanol–water partition coefficient (Wildman–Crippen LogP) is 0.900. The van der Waals surface area contributed by atoms with E-state index < -0.39 is 0 Å². The van der Waals surface area contributed by atoms with E-state index in [1.807, 2.05) is 6.20 Å². The quantitative estimate of drug-likeness (QED) is 0.798. The molecule has 2 rings (SSSR count). The summed E-state index contributed by atoms with van der Waals surface area (Å²) >= 11 is 0. The Morgan fingerprint density at radius 1 is 1.71 bits per heavy atom. The molecule has 1 fully saturated rings. The molecule has 0 aromatic carbocycles. The normalized spacial score (nSPS) is 20.6. The Bertz CT molecular complexity index is 349. The van der Waals surface area contributed by atoms with E-state index >= 15 is 0 Å². The lowest BCUT2D eigenvalue weighted by Crippen LogP contribution is -2.33. The lowest BCUT2D eigenvalue weighted by Gasteiger charge is -2.23. The van der Waals surface area contributed by atoms with Crippen LogP contribution in [0.15, 0.2) is 12.4 Å². The number of carbonyl (C=O) groups is 1. The summed E-state index contributed by atoms with van der Waals surface area (Å²) in [6.07, 6.45) is 7.14. The van der Waals surface area contributed by atoms with Crippen LogP contribution >= 0.6 is 0 Å². The molecule has 0 bridgehead atoms. The highest BCUT2D eigenvalue weighted by Gasteiger charge is 2.24. The first-order chi connectivity index (χ1) is 8.25. The second-order valence-corrected chi connectivity index (χ2v) is 4.57. The van der Waals surface area contributed by atoms with Gasteiger partial charge in [0.2, 0.25) is 5.91 Å². The highest BCUT2D eigenvalue weighted by Crippen LogP contribution is 2.21. The van der Waals surface area contributed by atoms with Gasteiger partial charge in [0.05, 0.1) is 6.54 Å².